The molecule has 0 aliphatic rings. The van der Waals surface area contributed by atoms with Gasteiger partial charge in [0.25, 0.3) is 0 Å². The minimum Gasteiger partial charge on any atom is -0.385 e. The van der Waals surface area contributed by atoms with Crippen molar-refractivity contribution in [3.8, 4) is 0 Å². The number of methoxy groups -OCH3 is 1. The average Bonchev–Trinajstić information content (AvgIpc) is 2.33. The molecule has 1 N–H and O–H groups in total. The lowest BCUT2D eigenvalue weighted by atomic mass is 10.3. The summed E-state index contributed by atoms with van der Waals surface area (Å²) < 4.78 is 15.7. The van der Waals surface area contributed by atoms with Crippen molar-refractivity contribution in [2.75, 3.05) is 53.2 Å². The van der Waals surface area contributed by atoms with Gasteiger partial charge in [-0.15, -0.1) is 0 Å². The van der Waals surface area contributed by atoms with Crippen LogP contribution in [0.1, 0.15) is 19.8 Å². The van der Waals surface area contributed by atoms with Crippen LogP contribution in [0.2, 0.25) is 0 Å². The fourth-order valence-corrected chi connectivity index (χ4v) is 1.23. The molecule has 0 unspecified atom stereocenters. The van der Waals surface area contributed by atoms with Gasteiger partial charge in [0.15, 0.2) is 0 Å². The minimum atomic E-state index is 0.609. The fourth-order valence-electron chi connectivity index (χ4n) is 1.23. The number of nitrogens with one attached hydrogen (secondary N) is 1. The first-order chi connectivity index (χ1) is 8.31. The van der Waals surface area contributed by atoms with Gasteiger partial charge in [-0.3, -0.25) is 0 Å². The fraction of sp³-hybridized carbons (Fsp3) is 0.846. The van der Waals surface area contributed by atoms with Crippen LogP contribution in [-0.4, -0.2) is 53.2 Å². The first-order valence-corrected chi connectivity index (χ1v) is 6.33. The molecule has 0 aliphatic carbocycles. The minimum absolute atomic E-state index is 0.609. The molecular formula is C13H27NO3. The molecule has 0 amide bonds. The topological polar surface area (TPSA) is 39.7 Å². The molecule has 0 aromatic rings. The van der Waals surface area contributed by atoms with E-state index in [1.165, 1.54) is 0 Å². The van der Waals surface area contributed by atoms with E-state index in [9.17, 15) is 0 Å². The Kier molecular flexibility index (Phi) is 13.3. The van der Waals surface area contributed by atoms with E-state index in [2.05, 4.69) is 18.8 Å². The van der Waals surface area contributed by atoms with Crippen LogP contribution in [0.25, 0.3) is 0 Å². The van der Waals surface area contributed by atoms with E-state index in [0.717, 1.165) is 44.7 Å². The Labute approximate surface area is 105 Å². The van der Waals surface area contributed by atoms with Crippen molar-refractivity contribution in [2.45, 2.75) is 19.8 Å². The van der Waals surface area contributed by atoms with Crippen LogP contribution in [0, 0.1) is 0 Å². The maximum absolute atomic E-state index is 5.44. The third kappa shape index (κ3) is 13.5. The van der Waals surface area contributed by atoms with Gasteiger partial charge in [0, 0.05) is 26.9 Å². The molecule has 4 nitrogen and oxygen atoms in total. The van der Waals surface area contributed by atoms with E-state index in [1.807, 2.05) is 0 Å². The van der Waals surface area contributed by atoms with E-state index in [-0.39, 0.29) is 0 Å². The van der Waals surface area contributed by atoms with Gasteiger partial charge in [0.05, 0.1) is 19.8 Å². The second-order valence-electron chi connectivity index (χ2n) is 3.94. The van der Waals surface area contributed by atoms with Gasteiger partial charge in [-0.05, 0) is 25.0 Å². The third-order valence-corrected chi connectivity index (χ3v) is 2.12. The molecule has 0 spiro atoms. The largest absolute Gasteiger partial charge is 0.385 e. The highest BCUT2D eigenvalue weighted by molar-refractivity contribution is 4.96. The zero-order chi connectivity index (χ0) is 12.8. The number of hydrogen-bond donors (Lipinski definition) is 1. The lowest BCUT2D eigenvalue weighted by Crippen LogP contribution is -2.20. The lowest BCUT2D eigenvalue weighted by molar-refractivity contribution is 0.0467. The molecule has 102 valence electrons. The quantitative estimate of drug-likeness (QED) is 0.395. The highest BCUT2D eigenvalue weighted by atomic mass is 16.5. The van der Waals surface area contributed by atoms with E-state index in [1.54, 1.807) is 7.11 Å². The molecule has 0 bridgehead atoms. The predicted octanol–water partition coefficient (Wildman–Crippen LogP) is 1.61. The molecule has 0 heterocycles. The maximum Gasteiger partial charge on any atom is 0.0704 e. The van der Waals surface area contributed by atoms with Gasteiger partial charge in [0.1, 0.15) is 0 Å². The van der Waals surface area contributed by atoms with Crippen LogP contribution in [0.15, 0.2) is 12.2 Å². The Morgan fingerprint density at radius 1 is 1.12 bits per heavy atom. The van der Waals surface area contributed by atoms with Crippen molar-refractivity contribution in [1.29, 1.82) is 0 Å². The molecular weight excluding hydrogens is 218 g/mol. The molecule has 0 aliphatic heterocycles. The number of ether oxygens (including phenoxy) is 3. The molecule has 0 aromatic carbocycles. The van der Waals surface area contributed by atoms with Gasteiger partial charge in [-0.2, -0.15) is 0 Å². The van der Waals surface area contributed by atoms with Crippen molar-refractivity contribution >= 4 is 0 Å². The van der Waals surface area contributed by atoms with Crippen LogP contribution in [0.3, 0.4) is 0 Å². The van der Waals surface area contributed by atoms with Crippen LogP contribution < -0.4 is 5.32 Å². The predicted molar refractivity (Wildman–Crippen MR) is 70.4 cm³/mol. The first kappa shape index (κ1) is 16.6. The van der Waals surface area contributed by atoms with Gasteiger partial charge in [-0.1, -0.05) is 13.5 Å². The molecule has 0 saturated carbocycles. The SMILES string of the molecule is C=C(CNCCC)COCCOCCCOC. The molecule has 0 aromatic heterocycles. The van der Waals surface area contributed by atoms with Gasteiger partial charge in [0.2, 0.25) is 0 Å². The molecule has 0 fully saturated rings. The summed E-state index contributed by atoms with van der Waals surface area (Å²) in [6.07, 6.45) is 2.08. The van der Waals surface area contributed by atoms with Crippen molar-refractivity contribution in [3.05, 3.63) is 12.2 Å². The smallest absolute Gasteiger partial charge is 0.0704 e. The summed E-state index contributed by atoms with van der Waals surface area (Å²) >= 11 is 0. The first-order valence-electron chi connectivity index (χ1n) is 6.33. The van der Waals surface area contributed by atoms with Crippen LogP contribution in [0.4, 0.5) is 0 Å². The summed E-state index contributed by atoms with van der Waals surface area (Å²) in [7, 11) is 1.70. The molecule has 0 saturated heterocycles. The maximum atomic E-state index is 5.44. The summed E-state index contributed by atoms with van der Waals surface area (Å²) in [5.41, 5.74) is 1.08. The Hall–Kier alpha value is -0.420. The van der Waals surface area contributed by atoms with Gasteiger partial charge in [-0.25, -0.2) is 0 Å². The highest BCUT2D eigenvalue weighted by Crippen LogP contribution is 1.91. The summed E-state index contributed by atoms with van der Waals surface area (Å²) in [6, 6.07) is 0. The second kappa shape index (κ2) is 13.6. The molecule has 17 heavy (non-hydrogen) atoms. The number of rotatable bonds is 13. The van der Waals surface area contributed by atoms with E-state index >= 15 is 0 Å². The summed E-state index contributed by atoms with van der Waals surface area (Å²) in [5, 5.41) is 3.29. The third-order valence-electron chi connectivity index (χ3n) is 2.12. The zero-order valence-corrected chi connectivity index (χ0v) is 11.3. The molecule has 0 atom stereocenters. The van der Waals surface area contributed by atoms with E-state index in [4.69, 9.17) is 14.2 Å². The summed E-state index contributed by atoms with van der Waals surface area (Å²) in [4.78, 5) is 0. The standard InChI is InChI=1S/C13H27NO3/c1-4-6-14-11-13(2)12-17-10-9-16-8-5-7-15-3/h14H,2,4-12H2,1,3H3. The summed E-state index contributed by atoms with van der Waals surface area (Å²) in [6.45, 7) is 11.3. The van der Waals surface area contributed by atoms with Crippen molar-refractivity contribution in [3.63, 3.8) is 0 Å². The monoisotopic (exact) mass is 245 g/mol. The normalized spacial score (nSPS) is 10.7. The Morgan fingerprint density at radius 2 is 1.88 bits per heavy atom. The highest BCUT2D eigenvalue weighted by Gasteiger charge is 1.95. The number of hydrogen-bond acceptors (Lipinski definition) is 4. The van der Waals surface area contributed by atoms with Crippen LogP contribution in [-0.2, 0) is 14.2 Å². The van der Waals surface area contributed by atoms with Crippen molar-refractivity contribution in [2.24, 2.45) is 0 Å². The molecule has 4 heteroatoms. The van der Waals surface area contributed by atoms with Gasteiger partial charge >= 0.3 is 0 Å². The molecule has 0 radical (unpaired) electrons. The van der Waals surface area contributed by atoms with E-state index in [0.29, 0.717) is 19.8 Å². The second-order valence-corrected chi connectivity index (χ2v) is 3.94. The van der Waals surface area contributed by atoms with Crippen molar-refractivity contribution < 1.29 is 14.2 Å². The average molecular weight is 245 g/mol. The zero-order valence-electron chi connectivity index (χ0n) is 11.3. The van der Waals surface area contributed by atoms with Crippen LogP contribution in [0.5, 0.6) is 0 Å². The van der Waals surface area contributed by atoms with E-state index < -0.39 is 0 Å². The Bertz CT molecular complexity index is 174. The van der Waals surface area contributed by atoms with Crippen molar-refractivity contribution in [1.82, 2.24) is 5.32 Å². The van der Waals surface area contributed by atoms with Crippen LogP contribution >= 0.6 is 0 Å². The summed E-state index contributed by atoms with van der Waals surface area (Å²) in [5.74, 6) is 0. The molecule has 0 rings (SSSR count). The Balaban J connectivity index is 3.08. The lowest BCUT2D eigenvalue weighted by Gasteiger charge is -2.08. The van der Waals surface area contributed by atoms with Gasteiger partial charge < -0.3 is 19.5 Å². The Morgan fingerprint density at radius 3 is 2.59 bits per heavy atom.